The molecule has 2 aliphatic carbocycles. The number of esters is 1. The molecule has 2 aromatic carbocycles. The largest absolute Gasteiger partial charge is 0.487 e. The predicted molar refractivity (Wildman–Crippen MR) is 140 cm³/mol. The van der Waals surface area contributed by atoms with Crippen LogP contribution in [0.3, 0.4) is 0 Å². The second-order valence-corrected chi connectivity index (χ2v) is 10.7. The SMILES string of the molecule is C=CCN1CC[C@@]23c4c5ccc(OC(C)=O)c4C[C@@H]1[C@@H]2CC[C@H](N(C)C(=O)C#Cc1ccccc1)[C@@H]3O5. The molecule has 1 saturated heterocycles. The monoisotopic (exact) mass is 496 g/mol. The number of carbonyl (C=O) groups is 2. The van der Waals surface area contributed by atoms with Crippen molar-refractivity contribution in [2.75, 3.05) is 20.1 Å². The van der Waals surface area contributed by atoms with Crippen LogP contribution in [0.25, 0.3) is 0 Å². The molecule has 0 aromatic heterocycles. The van der Waals surface area contributed by atoms with E-state index in [4.69, 9.17) is 9.47 Å². The Morgan fingerprint density at radius 3 is 2.81 bits per heavy atom. The Labute approximate surface area is 218 Å². The van der Waals surface area contributed by atoms with Crippen LogP contribution in [0.5, 0.6) is 11.5 Å². The zero-order valence-electron chi connectivity index (χ0n) is 21.4. The van der Waals surface area contributed by atoms with Gasteiger partial charge in [0.1, 0.15) is 17.6 Å². The van der Waals surface area contributed by atoms with Crippen LogP contribution >= 0.6 is 0 Å². The van der Waals surface area contributed by atoms with E-state index < -0.39 is 0 Å². The first-order valence-electron chi connectivity index (χ1n) is 13.1. The zero-order chi connectivity index (χ0) is 25.7. The van der Waals surface area contributed by atoms with E-state index in [1.165, 1.54) is 12.5 Å². The lowest BCUT2D eigenvalue weighted by Crippen LogP contribution is -2.68. The van der Waals surface area contributed by atoms with Crippen LogP contribution < -0.4 is 9.47 Å². The van der Waals surface area contributed by atoms with Crippen LogP contribution in [0.15, 0.2) is 55.1 Å². The van der Waals surface area contributed by atoms with Crippen molar-refractivity contribution in [2.45, 2.75) is 56.2 Å². The summed E-state index contributed by atoms with van der Waals surface area (Å²) in [4.78, 5) is 29.5. The second kappa shape index (κ2) is 9.08. The highest BCUT2D eigenvalue weighted by Gasteiger charge is 2.66. The first-order valence-corrected chi connectivity index (χ1v) is 13.1. The lowest BCUT2D eigenvalue weighted by Gasteiger charge is -2.60. The molecule has 37 heavy (non-hydrogen) atoms. The van der Waals surface area contributed by atoms with Crippen molar-refractivity contribution in [3.63, 3.8) is 0 Å². The highest BCUT2D eigenvalue weighted by molar-refractivity contribution is 5.94. The van der Waals surface area contributed by atoms with Crippen molar-refractivity contribution in [3.8, 4) is 23.3 Å². The molecule has 2 aliphatic heterocycles. The molecule has 1 amide bonds. The van der Waals surface area contributed by atoms with E-state index in [2.05, 4.69) is 23.3 Å². The molecule has 190 valence electrons. The van der Waals surface area contributed by atoms with E-state index in [9.17, 15) is 9.59 Å². The standard InChI is InChI=1S/C31H32N2O4/c1-4-17-33-18-16-31-23-11-12-24(32(3)28(35)15-10-21-8-6-5-7-9-21)30(31)37-27-14-13-26(36-20(2)34)22(29(27)31)19-25(23)33/h4-9,13-14,23-25,30H,1,11-12,16-19H2,2-3H3/t23-,24-,25+,30-,31-/m0/s1. The van der Waals surface area contributed by atoms with Crippen molar-refractivity contribution < 1.29 is 19.1 Å². The van der Waals surface area contributed by atoms with Crippen molar-refractivity contribution in [3.05, 3.63) is 71.8 Å². The van der Waals surface area contributed by atoms with Crippen LogP contribution in [0, 0.1) is 17.8 Å². The van der Waals surface area contributed by atoms with E-state index in [0.29, 0.717) is 17.7 Å². The number of ether oxygens (including phenoxy) is 2. The van der Waals surface area contributed by atoms with Gasteiger partial charge in [-0.15, -0.1) is 6.58 Å². The maximum Gasteiger partial charge on any atom is 0.308 e. The van der Waals surface area contributed by atoms with Crippen LogP contribution in [-0.2, 0) is 21.4 Å². The zero-order valence-corrected chi connectivity index (χ0v) is 21.4. The Bertz CT molecular complexity index is 1330. The van der Waals surface area contributed by atoms with Gasteiger partial charge in [-0.25, -0.2) is 0 Å². The summed E-state index contributed by atoms with van der Waals surface area (Å²) in [6.45, 7) is 7.21. The third kappa shape index (κ3) is 3.67. The number of carbonyl (C=O) groups excluding carboxylic acids is 2. The number of piperidine rings is 1. The summed E-state index contributed by atoms with van der Waals surface area (Å²) in [5, 5.41) is 0. The second-order valence-electron chi connectivity index (χ2n) is 10.7. The first-order chi connectivity index (χ1) is 17.9. The maximum absolute atomic E-state index is 13.2. The molecule has 6 rings (SSSR count). The molecule has 2 heterocycles. The van der Waals surface area contributed by atoms with Crippen LogP contribution in [0.4, 0.5) is 0 Å². The molecule has 1 spiro atoms. The highest BCUT2D eigenvalue weighted by Crippen LogP contribution is 2.63. The molecular formula is C31H32N2O4. The summed E-state index contributed by atoms with van der Waals surface area (Å²) >= 11 is 0. The molecule has 5 atom stereocenters. The van der Waals surface area contributed by atoms with Gasteiger partial charge >= 0.3 is 5.97 Å². The lowest BCUT2D eigenvalue weighted by atomic mass is 9.51. The number of hydrogen-bond acceptors (Lipinski definition) is 5. The Kier molecular flexibility index (Phi) is 5.84. The summed E-state index contributed by atoms with van der Waals surface area (Å²) < 4.78 is 12.5. The quantitative estimate of drug-likeness (QED) is 0.280. The summed E-state index contributed by atoms with van der Waals surface area (Å²) in [7, 11) is 1.86. The number of amides is 1. The number of hydrogen-bond donors (Lipinski definition) is 0. The van der Waals surface area contributed by atoms with E-state index in [0.717, 1.165) is 55.6 Å². The fourth-order valence-electron chi connectivity index (χ4n) is 7.52. The third-order valence-corrected chi connectivity index (χ3v) is 8.93. The average molecular weight is 497 g/mol. The minimum Gasteiger partial charge on any atom is -0.487 e. The van der Waals surface area contributed by atoms with Crippen LogP contribution in [-0.4, -0.2) is 60.0 Å². The van der Waals surface area contributed by atoms with Crippen LogP contribution in [0.2, 0.25) is 0 Å². The van der Waals surface area contributed by atoms with E-state index >= 15 is 0 Å². The summed E-state index contributed by atoms with van der Waals surface area (Å²) in [6, 6.07) is 13.6. The average Bonchev–Trinajstić information content (AvgIpc) is 3.23. The molecular weight excluding hydrogens is 464 g/mol. The summed E-state index contributed by atoms with van der Waals surface area (Å²) in [5.74, 6) is 7.26. The highest BCUT2D eigenvalue weighted by atomic mass is 16.5. The van der Waals surface area contributed by atoms with Gasteiger partial charge in [0.05, 0.1) is 6.04 Å². The van der Waals surface area contributed by atoms with Gasteiger partial charge in [0, 0.05) is 54.6 Å². The van der Waals surface area contributed by atoms with Gasteiger partial charge in [0.2, 0.25) is 0 Å². The smallest absolute Gasteiger partial charge is 0.308 e. The van der Waals surface area contributed by atoms with Gasteiger partial charge in [0.25, 0.3) is 5.91 Å². The normalized spacial score (nSPS) is 28.7. The first kappa shape index (κ1) is 23.8. The summed E-state index contributed by atoms with van der Waals surface area (Å²) in [6.07, 6.45) is 5.44. The molecule has 2 aromatic rings. The van der Waals surface area contributed by atoms with E-state index in [1.54, 1.807) is 4.90 Å². The number of rotatable bonds is 4. The van der Waals surface area contributed by atoms with Gasteiger partial charge < -0.3 is 14.4 Å². The number of likely N-dealkylation sites (N-methyl/N-ethyl adjacent to an activating group) is 1. The number of benzene rings is 2. The Morgan fingerprint density at radius 2 is 2.05 bits per heavy atom. The molecule has 0 N–H and O–H groups in total. The number of likely N-dealkylation sites (tertiary alicyclic amines) is 1. The van der Waals surface area contributed by atoms with Crippen LogP contribution in [0.1, 0.15) is 42.9 Å². The molecule has 2 fully saturated rings. The van der Waals surface area contributed by atoms with Gasteiger partial charge in [-0.05, 0) is 62.4 Å². The van der Waals surface area contributed by atoms with Gasteiger partial charge in [0.15, 0.2) is 0 Å². The molecule has 6 nitrogen and oxygen atoms in total. The van der Waals surface area contributed by atoms with Crippen molar-refractivity contribution in [2.24, 2.45) is 5.92 Å². The Hall–Kier alpha value is -3.56. The molecule has 4 aliphatic rings. The van der Waals surface area contributed by atoms with Gasteiger partial charge in [-0.3, -0.25) is 14.5 Å². The number of nitrogens with zero attached hydrogens (tertiary/aromatic N) is 2. The topological polar surface area (TPSA) is 59.1 Å². The van der Waals surface area contributed by atoms with E-state index in [-0.39, 0.29) is 29.4 Å². The molecule has 6 heteroatoms. The molecule has 2 bridgehead atoms. The fourth-order valence-corrected chi connectivity index (χ4v) is 7.52. The van der Waals surface area contributed by atoms with Gasteiger partial charge in [-0.2, -0.15) is 0 Å². The van der Waals surface area contributed by atoms with Crippen molar-refractivity contribution in [1.82, 2.24) is 9.80 Å². The summed E-state index contributed by atoms with van der Waals surface area (Å²) in [5.41, 5.74) is 2.90. The molecule has 0 unspecified atom stereocenters. The van der Waals surface area contributed by atoms with E-state index in [1.807, 2.05) is 55.6 Å². The van der Waals surface area contributed by atoms with Gasteiger partial charge in [-0.1, -0.05) is 30.2 Å². The fraction of sp³-hybridized carbons (Fsp3) is 0.419. The van der Waals surface area contributed by atoms with Crippen molar-refractivity contribution in [1.29, 1.82) is 0 Å². The minimum atomic E-state index is -0.316. The minimum absolute atomic E-state index is 0.0871. The maximum atomic E-state index is 13.2. The predicted octanol–water partition coefficient (Wildman–Crippen LogP) is 3.72. The third-order valence-electron chi connectivity index (χ3n) is 8.93. The van der Waals surface area contributed by atoms with Crippen molar-refractivity contribution >= 4 is 11.9 Å². The lowest BCUT2D eigenvalue weighted by molar-refractivity contribution is -0.134. The molecule has 0 radical (unpaired) electrons. The molecule has 1 saturated carbocycles. The Balaban J connectivity index is 1.39. The Morgan fingerprint density at radius 1 is 1.24 bits per heavy atom.